The molecule has 23 valence electrons. The molecule has 0 unspecified atom stereocenters. The average molecular weight is 62.5 g/mol. The molecule has 0 spiro atoms. The maximum Gasteiger partial charge on any atom is 0.0598 e. The second kappa shape index (κ2) is 2.43. The van der Waals surface area contributed by atoms with Crippen LogP contribution in [0.4, 0.5) is 0 Å². The van der Waals surface area contributed by atoms with Gasteiger partial charge in [0.15, 0.2) is 0 Å². The molecule has 3 heteroatoms. The second-order valence-electron chi connectivity index (χ2n) is 1.19. The lowest BCUT2D eigenvalue weighted by Crippen LogP contribution is -2.13. The fourth-order valence-electron chi connectivity index (χ4n) is 0. The van der Waals surface area contributed by atoms with E-state index < -0.39 is 0 Å². The van der Waals surface area contributed by atoms with Gasteiger partial charge in [0.1, 0.15) is 0 Å². The Balaban J connectivity index is 2.54. The molecule has 0 saturated heterocycles. The monoisotopic (exact) mass is 63.1 g/mol. The Labute approximate surface area is 36.0 Å². The SMILES string of the molecule is [B]B(C)[B]C. The van der Waals surface area contributed by atoms with Gasteiger partial charge in [0.25, 0.3) is 0 Å². The minimum absolute atomic E-state index is 0.259. The summed E-state index contributed by atoms with van der Waals surface area (Å²) in [7, 11) is 7.18. The summed E-state index contributed by atoms with van der Waals surface area (Å²) in [5.41, 5.74) is 0. The molecule has 3 radical (unpaired) electrons. The Morgan fingerprint density at radius 3 is 2.00 bits per heavy atom. The van der Waals surface area contributed by atoms with E-state index in [0.717, 1.165) is 0 Å². The molecular formula is C2H6B3. The molecule has 0 aliphatic rings. The van der Waals surface area contributed by atoms with Gasteiger partial charge in [-0.15, -0.1) is 6.82 Å². The Kier molecular flexibility index (Phi) is 2.53. The van der Waals surface area contributed by atoms with E-state index in [0.29, 0.717) is 0 Å². The fraction of sp³-hybridized carbons (Fsp3) is 1.00. The first-order valence-electron chi connectivity index (χ1n) is 1.82. The Morgan fingerprint density at radius 1 is 1.80 bits per heavy atom. The number of hydrogen-bond donors (Lipinski definition) is 0. The van der Waals surface area contributed by atoms with Crippen molar-refractivity contribution in [2.45, 2.75) is 13.6 Å². The zero-order valence-corrected chi connectivity index (χ0v) is 3.73. The third-order valence-electron chi connectivity index (χ3n) is 0.526. The molecule has 0 fully saturated rings. The van der Waals surface area contributed by atoms with E-state index in [2.05, 4.69) is 0 Å². The molecule has 0 heterocycles. The lowest BCUT2D eigenvalue weighted by Gasteiger charge is -1.83. The summed E-state index contributed by atoms with van der Waals surface area (Å²) in [6, 6.07) is 0. The molecule has 0 nitrogen and oxygen atoms in total. The maximum atomic E-state index is 5.24. The zero-order chi connectivity index (χ0) is 4.28. The largest absolute Gasteiger partial charge is 0.101 e. The van der Waals surface area contributed by atoms with E-state index in [1.165, 1.54) is 0 Å². The van der Waals surface area contributed by atoms with Gasteiger partial charge in [-0.05, 0) is 0 Å². The second-order valence-corrected chi connectivity index (χ2v) is 1.19. The molecule has 0 aromatic heterocycles. The molecule has 0 aromatic rings. The summed E-state index contributed by atoms with van der Waals surface area (Å²) < 4.78 is 0. The minimum atomic E-state index is 0.259. The van der Waals surface area contributed by atoms with Gasteiger partial charge in [0, 0.05) is 7.74 Å². The van der Waals surface area contributed by atoms with E-state index in [4.69, 9.17) is 7.74 Å². The molecule has 0 rings (SSSR count). The molecule has 0 atom stereocenters. The van der Waals surface area contributed by atoms with Gasteiger partial charge in [-0.1, -0.05) is 6.82 Å². The minimum Gasteiger partial charge on any atom is -0.101 e. The summed E-state index contributed by atoms with van der Waals surface area (Å²) in [5, 5.41) is 0. The highest BCUT2D eigenvalue weighted by Gasteiger charge is 1.87. The van der Waals surface area contributed by atoms with Crippen molar-refractivity contribution >= 4 is 21.4 Å². The van der Waals surface area contributed by atoms with Crippen LogP contribution in [0.15, 0.2) is 0 Å². The van der Waals surface area contributed by atoms with Gasteiger partial charge in [-0.3, -0.25) is 0 Å². The molecule has 0 N–H and O–H groups in total. The summed E-state index contributed by atoms with van der Waals surface area (Å²) >= 11 is 0. The molecular weight excluding hydrogens is 56.5 g/mol. The van der Waals surface area contributed by atoms with Crippen molar-refractivity contribution in [1.29, 1.82) is 0 Å². The van der Waals surface area contributed by atoms with Crippen LogP contribution in [0.3, 0.4) is 0 Å². The van der Waals surface area contributed by atoms with Gasteiger partial charge in [0.05, 0.1) is 13.7 Å². The highest BCUT2D eigenvalue weighted by atomic mass is 13.0. The molecule has 0 aliphatic heterocycles. The van der Waals surface area contributed by atoms with Gasteiger partial charge in [-0.2, -0.15) is 0 Å². The summed E-state index contributed by atoms with van der Waals surface area (Å²) in [6.07, 6.45) is 0. The molecule has 0 bridgehead atoms. The van der Waals surface area contributed by atoms with Crippen LogP contribution in [0.5, 0.6) is 0 Å². The van der Waals surface area contributed by atoms with Gasteiger partial charge in [0.2, 0.25) is 0 Å². The van der Waals surface area contributed by atoms with Crippen molar-refractivity contribution in [3.05, 3.63) is 0 Å². The van der Waals surface area contributed by atoms with Crippen molar-refractivity contribution < 1.29 is 0 Å². The standard InChI is InChI=1S/C2H6B3/c1-4-5(2)3/h1-2H3. The van der Waals surface area contributed by atoms with Crippen LogP contribution in [0.1, 0.15) is 0 Å². The van der Waals surface area contributed by atoms with Crippen molar-refractivity contribution in [1.82, 2.24) is 0 Å². The van der Waals surface area contributed by atoms with Gasteiger partial charge >= 0.3 is 0 Å². The van der Waals surface area contributed by atoms with Crippen molar-refractivity contribution in [3.63, 3.8) is 0 Å². The molecule has 5 heavy (non-hydrogen) atoms. The Bertz CT molecular complexity index is 18.9. The Morgan fingerprint density at radius 2 is 2.00 bits per heavy atom. The van der Waals surface area contributed by atoms with Crippen molar-refractivity contribution in [3.8, 4) is 0 Å². The average Bonchev–Trinajstić information content (AvgIpc) is 1.38. The van der Waals surface area contributed by atoms with Crippen molar-refractivity contribution in [2.75, 3.05) is 0 Å². The van der Waals surface area contributed by atoms with Crippen LogP contribution >= 0.6 is 0 Å². The number of rotatable bonds is 1. The summed E-state index contributed by atoms with van der Waals surface area (Å²) in [4.78, 5) is 0. The van der Waals surface area contributed by atoms with E-state index >= 15 is 0 Å². The van der Waals surface area contributed by atoms with Crippen LogP contribution in [-0.2, 0) is 0 Å². The van der Waals surface area contributed by atoms with E-state index in [-0.39, 0.29) is 6.49 Å². The predicted octanol–water partition coefficient (Wildman–Crippen LogP) is 0.0252. The first-order chi connectivity index (χ1) is 2.27. The summed E-state index contributed by atoms with van der Waals surface area (Å²) in [6.45, 7) is 4.15. The van der Waals surface area contributed by atoms with E-state index in [1.54, 1.807) is 0 Å². The zero-order valence-electron chi connectivity index (χ0n) is 3.73. The fourth-order valence-corrected chi connectivity index (χ4v) is 0. The lowest BCUT2D eigenvalue weighted by atomic mass is 9.13. The third kappa shape index (κ3) is 4.19. The highest BCUT2D eigenvalue weighted by Crippen LogP contribution is 1.62. The van der Waals surface area contributed by atoms with Crippen LogP contribution in [0, 0.1) is 0 Å². The topological polar surface area (TPSA) is 0 Å². The molecule has 0 aromatic carbocycles. The summed E-state index contributed by atoms with van der Waals surface area (Å²) in [5.74, 6) is 0. The van der Waals surface area contributed by atoms with Crippen LogP contribution in [0.25, 0.3) is 0 Å². The van der Waals surface area contributed by atoms with Crippen LogP contribution < -0.4 is 0 Å². The molecule has 0 amide bonds. The first-order valence-corrected chi connectivity index (χ1v) is 1.82. The maximum absolute atomic E-state index is 5.24. The quantitative estimate of drug-likeness (QED) is 0.376. The highest BCUT2D eigenvalue weighted by molar-refractivity contribution is 7.34. The smallest absolute Gasteiger partial charge is 0.0598 e. The van der Waals surface area contributed by atoms with Gasteiger partial charge in [-0.25, -0.2) is 0 Å². The third-order valence-corrected chi connectivity index (χ3v) is 0.526. The lowest BCUT2D eigenvalue weighted by molar-refractivity contribution is 2.26. The number of hydrogen-bond acceptors (Lipinski definition) is 0. The van der Waals surface area contributed by atoms with Gasteiger partial charge < -0.3 is 0 Å². The normalized spacial score (nSPS) is 6.80. The van der Waals surface area contributed by atoms with E-state index in [9.17, 15) is 0 Å². The molecule has 0 saturated carbocycles. The Hall–Kier alpha value is 0.195. The molecule has 0 aliphatic carbocycles. The van der Waals surface area contributed by atoms with Crippen molar-refractivity contribution in [2.24, 2.45) is 0 Å². The first kappa shape index (κ1) is 5.19. The van der Waals surface area contributed by atoms with E-state index in [1.807, 2.05) is 20.8 Å². The predicted molar refractivity (Wildman–Crippen MR) is 29.0 cm³/mol. The van der Waals surface area contributed by atoms with Crippen LogP contribution in [0.2, 0.25) is 13.6 Å². The van der Waals surface area contributed by atoms with Crippen LogP contribution in [-0.4, -0.2) is 21.4 Å².